The van der Waals surface area contributed by atoms with Crippen molar-refractivity contribution in [1.29, 1.82) is 0 Å². The van der Waals surface area contributed by atoms with E-state index in [0.717, 1.165) is 22.3 Å². The number of ether oxygens (including phenoxy) is 3. The topological polar surface area (TPSA) is 123 Å². The molecule has 2 aromatic rings. The van der Waals surface area contributed by atoms with Crippen molar-refractivity contribution in [3.05, 3.63) is 59.7 Å². The van der Waals surface area contributed by atoms with Crippen molar-refractivity contribution >= 4 is 18.0 Å². The van der Waals surface area contributed by atoms with Crippen LogP contribution in [-0.4, -0.2) is 60.8 Å². The molecule has 2 atom stereocenters. The minimum absolute atomic E-state index is 0.0706. The van der Waals surface area contributed by atoms with Crippen molar-refractivity contribution in [1.82, 2.24) is 10.6 Å². The lowest BCUT2D eigenvalue weighted by Gasteiger charge is -2.21. The van der Waals surface area contributed by atoms with Gasteiger partial charge in [0.05, 0.1) is 6.61 Å². The number of alkyl carbamates (subject to hydrolysis) is 1. The molecule has 2 aromatic carbocycles. The number of aliphatic carboxylic acids is 1. The number of carboxylic acids is 1. The Morgan fingerprint density at radius 2 is 1.71 bits per heavy atom. The molecule has 9 nitrogen and oxygen atoms in total. The lowest BCUT2D eigenvalue weighted by atomic mass is 9.98. The van der Waals surface area contributed by atoms with E-state index >= 15 is 0 Å². The van der Waals surface area contributed by atoms with E-state index in [2.05, 4.69) is 10.6 Å². The second-order valence-corrected chi connectivity index (χ2v) is 9.15. The molecule has 0 aromatic heterocycles. The number of hydrogen-bond donors (Lipinski definition) is 3. The first-order valence-electron chi connectivity index (χ1n) is 11.7. The van der Waals surface area contributed by atoms with Crippen LogP contribution in [0.3, 0.4) is 0 Å². The van der Waals surface area contributed by atoms with Crippen LogP contribution in [0, 0.1) is 0 Å². The minimum Gasteiger partial charge on any atom is -0.481 e. The number of amides is 2. The highest BCUT2D eigenvalue weighted by molar-refractivity contribution is 5.86. The van der Waals surface area contributed by atoms with Gasteiger partial charge in [-0.05, 0) is 42.5 Å². The van der Waals surface area contributed by atoms with Gasteiger partial charge in [-0.1, -0.05) is 48.5 Å². The SMILES string of the molecule is CC1(C)OCC(CNC(=O)C(CCC(=O)O)NC(=O)OCC2c3ccccc3-c3ccccc32)O1. The molecule has 0 radical (unpaired) electrons. The summed E-state index contributed by atoms with van der Waals surface area (Å²) in [5, 5.41) is 14.3. The zero-order chi connectivity index (χ0) is 25.0. The molecule has 186 valence electrons. The molecule has 1 saturated heterocycles. The quantitative estimate of drug-likeness (QED) is 0.502. The number of carboxylic acid groups (broad SMARTS) is 1. The Bertz CT molecular complexity index is 1060. The zero-order valence-corrected chi connectivity index (χ0v) is 19.8. The second-order valence-electron chi connectivity index (χ2n) is 9.15. The van der Waals surface area contributed by atoms with E-state index in [1.54, 1.807) is 13.8 Å². The monoisotopic (exact) mass is 482 g/mol. The van der Waals surface area contributed by atoms with Gasteiger partial charge in [0.15, 0.2) is 5.79 Å². The molecule has 0 spiro atoms. The van der Waals surface area contributed by atoms with Crippen LogP contribution in [0.4, 0.5) is 4.79 Å². The molecule has 2 aliphatic rings. The van der Waals surface area contributed by atoms with Crippen molar-refractivity contribution in [3.63, 3.8) is 0 Å². The van der Waals surface area contributed by atoms with Gasteiger partial charge >= 0.3 is 12.1 Å². The Balaban J connectivity index is 1.35. The molecule has 2 amide bonds. The van der Waals surface area contributed by atoms with E-state index in [1.807, 2.05) is 48.5 Å². The molecule has 1 fully saturated rings. The number of carbonyl (C=O) groups excluding carboxylic acids is 2. The largest absolute Gasteiger partial charge is 0.481 e. The molecule has 9 heteroatoms. The van der Waals surface area contributed by atoms with Gasteiger partial charge in [-0.2, -0.15) is 0 Å². The zero-order valence-electron chi connectivity index (χ0n) is 19.8. The van der Waals surface area contributed by atoms with E-state index in [4.69, 9.17) is 19.3 Å². The summed E-state index contributed by atoms with van der Waals surface area (Å²) in [4.78, 5) is 36.4. The fourth-order valence-corrected chi connectivity index (χ4v) is 4.52. The Hall–Kier alpha value is -3.43. The Morgan fingerprint density at radius 3 is 2.29 bits per heavy atom. The standard InChI is InChI=1S/C26H30N2O7/c1-26(2)34-14-16(35-26)13-27-24(31)22(11-12-23(29)30)28-25(32)33-15-21-19-9-5-3-7-17(19)18-8-4-6-10-20(18)21/h3-10,16,21-22H,11-15H2,1-2H3,(H,27,31)(H,28,32)(H,29,30). The Kier molecular flexibility index (Phi) is 7.37. The van der Waals surface area contributed by atoms with Crippen LogP contribution < -0.4 is 10.6 Å². The molecular formula is C26H30N2O7. The number of rotatable bonds is 9. The normalized spacial score (nSPS) is 18.9. The van der Waals surface area contributed by atoms with E-state index < -0.39 is 29.8 Å². The maximum Gasteiger partial charge on any atom is 0.407 e. The summed E-state index contributed by atoms with van der Waals surface area (Å²) < 4.78 is 16.7. The van der Waals surface area contributed by atoms with Crippen LogP contribution in [0.2, 0.25) is 0 Å². The van der Waals surface area contributed by atoms with Gasteiger partial charge in [-0.3, -0.25) is 9.59 Å². The van der Waals surface area contributed by atoms with Crippen LogP contribution in [0.15, 0.2) is 48.5 Å². The van der Waals surface area contributed by atoms with Gasteiger partial charge < -0.3 is 30.0 Å². The third kappa shape index (κ3) is 5.98. The van der Waals surface area contributed by atoms with Crippen molar-refractivity contribution in [2.24, 2.45) is 0 Å². The van der Waals surface area contributed by atoms with Gasteiger partial charge in [0.25, 0.3) is 0 Å². The van der Waals surface area contributed by atoms with Gasteiger partial charge in [0, 0.05) is 18.9 Å². The average Bonchev–Trinajstić information content (AvgIpc) is 3.35. The lowest BCUT2D eigenvalue weighted by molar-refractivity contribution is -0.140. The number of hydrogen-bond acceptors (Lipinski definition) is 6. The average molecular weight is 483 g/mol. The van der Waals surface area contributed by atoms with Gasteiger partial charge in [-0.15, -0.1) is 0 Å². The third-order valence-electron chi connectivity index (χ3n) is 6.17. The maximum atomic E-state index is 12.7. The smallest absolute Gasteiger partial charge is 0.407 e. The first-order valence-corrected chi connectivity index (χ1v) is 11.7. The molecule has 3 N–H and O–H groups in total. The maximum absolute atomic E-state index is 12.7. The minimum atomic E-state index is -1.06. The van der Waals surface area contributed by atoms with Crippen LogP contribution in [0.5, 0.6) is 0 Å². The van der Waals surface area contributed by atoms with Crippen LogP contribution >= 0.6 is 0 Å². The highest BCUT2D eigenvalue weighted by Gasteiger charge is 2.34. The summed E-state index contributed by atoms with van der Waals surface area (Å²) in [6, 6.07) is 14.9. The van der Waals surface area contributed by atoms with Gasteiger partial charge in [0.1, 0.15) is 18.8 Å². The predicted octanol–water partition coefficient (Wildman–Crippen LogP) is 3.03. The van der Waals surface area contributed by atoms with Crippen LogP contribution in [0.1, 0.15) is 43.7 Å². The van der Waals surface area contributed by atoms with Gasteiger partial charge in [0.2, 0.25) is 5.91 Å². The number of carbonyl (C=O) groups is 3. The molecule has 1 aliphatic heterocycles. The molecular weight excluding hydrogens is 452 g/mol. The highest BCUT2D eigenvalue weighted by Crippen LogP contribution is 2.44. The van der Waals surface area contributed by atoms with Crippen LogP contribution in [0.25, 0.3) is 11.1 Å². The summed E-state index contributed by atoms with van der Waals surface area (Å²) in [5.41, 5.74) is 4.36. The molecule has 4 rings (SSSR count). The summed E-state index contributed by atoms with van der Waals surface area (Å²) >= 11 is 0. The second kappa shape index (κ2) is 10.5. The first-order chi connectivity index (χ1) is 16.7. The third-order valence-corrected chi connectivity index (χ3v) is 6.17. The molecule has 0 saturated carbocycles. The highest BCUT2D eigenvalue weighted by atomic mass is 16.7. The van der Waals surface area contributed by atoms with Crippen molar-refractivity contribution < 1.29 is 33.7 Å². The van der Waals surface area contributed by atoms with Crippen LogP contribution in [-0.2, 0) is 23.8 Å². The molecule has 2 unspecified atom stereocenters. The molecule has 1 heterocycles. The van der Waals surface area contributed by atoms with Crippen molar-refractivity contribution in [2.45, 2.75) is 50.5 Å². The van der Waals surface area contributed by atoms with E-state index in [1.165, 1.54) is 0 Å². The summed E-state index contributed by atoms with van der Waals surface area (Å²) in [5.74, 6) is -2.42. The fraction of sp³-hybridized carbons (Fsp3) is 0.423. The molecule has 0 bridgehead atoms. The Labute approximate surface area is 203 Å². The summed E-state index contributed by atoms with van der Waals surface area (Å²) in [6.45, 7) is 4.16. The summed E-state index contributed by atoms with van der Waals surface area (Å²) in [7, 11) is 0. The van der Waals surface area contributed by atoms with Crippen molar-refractivity contribution in [3.8, 4) is 11.1 Å². The summed E-state index contributed by atoms with van der Waals surface area (Å²) in [6.07, 6.45) is -1.46. The number of fused-ring (bicyclic) bond motifs is 3. The van der Waals surface area contributed by atoms with E-state index in [-0.39, 0.29) is 38.0 Å². The van der Waals surface area contributed by atoms with E-state index in [0.29, 0.717) is 6.61 Å². The number of benzene rings is 2. The predicted molar refractivity (Wildman–Crippen MR) is 127 cm³/mol. The van der Waals surface area contributed by atoms with E-state index in [9.17, 15) is 14.4 Å². The van der Waals surface area contributed by atoms with Crippen molar-refractivity contribution in [2.75, 3.05) is 19.8 Å². The number of nitrogens with one attached hydrogen (secondary N) is 2. The Morgan fingerprint density at radius 1 is 1.09 bits per heavy atom. The molecule has 35 heavy (non-hydrogen) atoms. The van der Waals surface area contributed by atoms with Gasteiger partial charge in [-0.25, -0.2) is 4.79 Å². The first kappa shape index (κ1) is 24.7. The lowest BCUT2D eigenvalue weighted by Crippen LogP contribution is -2.49. The molecule has 1 aliphatic carbocycles. The fourth-order valence-electron chi connectivity index (χ4n) is 4.52.